The van der Waals surface area contributed by atoms with Crippen molar-refractivity contribution < 1.29 is 9.90 Å². The molecule has 0 aromatic heterocycles. The Balaban J connectivity index is 4.10. The second kappa shape index (κ2) is 4.29. The van der Waals surface area contributed by atoms with Crippen LogP contribution in [0.25, 0.3) is 0 Å². The van der Waals surface area contributed by atoms with Crippen molar-refractivity contribution in [1.82, 2.24) is 0 Å². The molecule has 0 fully saturated rings. The van der Waals surface area contributed by atoms with Crippen molar-refractivity contribution in [3.05, 3.63) is 12.2 Å². The van der Waals surface area contributed by atoms with E-state index in [-0.39, 0.29) is 5.92 Å². The van der Waals surface area contributed by atoms with E-state index in [9.17, 15) is 9.90 Å². The number of hydrogen-bond acceptors (Lipinski definition) is 2. The zero-order valence-electron chi connectivity index (χ0n) is 7.37. The monoisotopic (exact) mass is 156 g/mol. The van der Waals surface area contributed by atoms with E-state index >= 15 is 0 Å². The molecule has 64 valence electrons. The minimum Gasteiger partial charge on any atom is -0.390 e. The highest BCUT2D eigenvalue weighted by Crippen LogP contribution is 2.20. The molecule has 0 bridgehead atoms. The number of carbonyl (C=O) groups excluding carboxylic acids is 1. The van der Waals surface area contributed by atoms with Crippen LogP contribution in [0.5, 0.6) is 0 Å². The maximum atomic E-state index is 9.96. The normalized spacial score (nSPS) is 19.6. The van der Waals surface area contributed by atoms with Gasteiger partial charge in [-0.1, -0.05) is 19.9 Å². The van der Waals surface area contributed by atoms with Crippen molar-refractivity contribution in [2.75, 3.05) is 0 Å². The second-order valence-corrected chi connectivity index (χ2v) is 3.02. The summed E-state index contributed by atoms with van der Waals surface area (Å²) in [7, 11) is 0. The first-order chi connectivity index (χ1) is 5.04. The average molecular weight is 156 g/mol. The molecule has 2 atom stereocenters. The topological polar surface area (TPSA) is 37.3 Å². The van der Waals surface area contributed by atoms with Crippen LogP contribution in [0.2, 0.25) is 0 Å². The highest BCUT2D eigenvalue weighted by atomic mass is 16.3. The van der Waals surface area contributed by atoms with Crippen LogP contribution in [0.15, 0.2) is 12.2 Å². The molecule has 0 aliphatic rings. The first-order valence-electron chi connectivity index (χ1n) is 3.89. The highest BCUT2D eigenvalue weighted by Gasteiger charge is 2.23. The summed E-state index contributed by atoms with van der Waals surface area (Å²) < 4.78 is 0. The average Bonchev–Trinajstić information content (AvgIpc) is 2.00. The predicted octanol–water partition coefficient (Wildman–Crippen LogP) is 1.54. The van der Waals surface area contributed by atoms with Crippen molar-refractivity contribution >= 4 is 6.29 Å². The summed E-state index contributed by atoms with van der Waals surface area (Å²) in [6.07, 6.45) is 4.56. The zero-order chi connectivity index (χ0) is 8.91. The molecular formula is C9H16O2. The third kappa shape index (κ3) is 3.33. The van der Waals surface area contributed by atoms with Crippen molar-refractivity contribution in [3.63, 3.8) is 0 Å². The van der Waals surface area contributed by atoms with Gasteiger partial charge >= 0.3 is 0 Å². The van der Waals surface area contributed by atoms with E-state index < -0.39 is 5.60 Å². The fourth-order valence-electron chi connectivity index (χ4n) is 0.741. The largest absolute Gasteiger partial charge is 0.390 e. The van der Waals surface area contributed by atoms with Gasteiger partial charge in [0.05, 0.1) is 5.60 Å². The first kappa shape index (κ1) is 10.4. The Morgan fingerprint density at radius 2 is 2.18 bits per heavy atom. The summed E-state index contributed by atoms with van der Waals surface area (Å²) in [6.45, 7) is 5.58. The zero-order valence-corrected chi connectivity index (χ0v) is 7.37. The van der Waals surface area contributed by atoms with Crippen molar-refractivity contribution in [2.24, 2.45) is 5.92 Å². The van der Waals surface area contributed by atoms with Gasteiger partial charge in [0.15, 0.2) is 0 Å². The van der Waals surface area contributed by atoms with E-state index in [2.05, 4.69) is 0 Å². The molecule has 0 saturated heterocycles. The fourth-order valence-corrected chi connectivity index (χ4v) is 0.741. The molecule has 2 heteroatoms. The van der Waals surface area contributed by atoms with Crippen LogP contribution in [0, 0.1) is 5.92 Å². The molecule has 0 amide bonds. The molecule has 0 rings (SSSR count). The molecule has 0 aromatic rings. The van der Waals surface area contributed by atoms with Crippen LogP contribution in [0.4, 0.5) is 0 Å². The molecule has 2 nitrogen and oxygen atoms in total. The van der Waals surface area contributed by atoms with Gasteiger partial charge in [-0.25, -0.2) is 0 Å². The van der Waals surface area contributed by atoms with Crippen molar-refractivity contribution in [1.29, 1.82) is 0 Å². The lowest BCUT2D eigenvalue weighted by Crippen LogP contribution is -2.30. The molecule has 0 spiro atoms. The van der Waals surface area contributed by atoms with E-state index in [4.69, 9.17) is 0 Å². The quantitative estimate of drug-likeness (QED) is 0.495. The number of allylic oxidation sites excluding steroid dienone is 1. The lowest BCUT2D eigenvalue weighted by atomic mass is 9.88. The third-order valence-electron chi connectivity index (χ3n) is 2.18. The Kier molecular flexibility index (Phi) is 4.04. The number of aliphatic hydroxyl groups is 1. The Hall–Kier alpha value is -0.630. The van der Waals surface area contributed by atoms with E-state index in [0.717, 1.165) is 6.29 Å². The van der Waals surface area contributed by atoms with E-state index in [1.807, 2.05) is 13.8 Å². The number of hydrogen-bond donors (Lipinski definition) is 1. The van der Waals surface area contributed by atoms with Gasteiger partial charge in [-0.3, -0.25) is 4.79 Å². The summed E-state index contributed by atoms with van der Waals surface area (Å²) in [4.78, 5) is 9.96. The molecular weight excluding hydrogens is 140 g/mol. The Labute approximate surface area is 67.9 Å². The van der Waals surface area contributed by atoms with Crippen LogP contribution in [0.1, 0.15) is 27.2 Å². The van der Waals surface area contributed by atoms with E-state index in [1.165, 1.54) is 6.08 Å². The Bertz CT molecular complexity index is 148. The molecule has 11 heavy (non-hydrogen) atoms. The lowest BCUT2D eigenvalue weighted by Gasteiger charge is -2.26. The SMILES string of the molecule is CCC(C)(O)C(C)/C=C/C=O. The maximum absolute atomic E-state index is 9.96. The van der Waals surface area contributed by atoms with Gasteiger partial charge in [0.1, 0.15) is 6.29 Å². The lowest BCUT2D eigenvalue weighted by molar-refractivity contribution is -0.104. The molecule has 0 aromatic carbocycles. The van der Waals surface area contributed by atoms with Crippen LogP contribution in [-0.2, 0) is 4.79 Å². The van der Waals surface area contributed by atoms with E-state index in [0.29, 0.717) is 6.42 Å². The van der Waals surface area contributed by atoms with Gasteiger partial charge < -0.3 is 5.11 Å². The standard InChI is InChI=1S/C9H16O2/c1-4-9(3,11)8(2)6-5-7-10/h5-8,11H,4H2,1-3H3/b6-5+. The number of aldehydes is 1. The van der Waals surface area contributed by atoms with E-state index in [1.54, 1.807) is 13.0 Å². The second-order valence-electron chi connectivity index (χ2n) is 3.02. The number of carbonyl (C=O) groups is 1. The molecule has 2 unspecified atom stereocenters. The molecule has 0 radical (unpaired) electrons. The van der Waals surface area contributed by atoms with Gasteiger partial charge in [0.2, 0.25) is 0 Å². The van der Waals surface area contributed by atoms with Gasteiger partial charge in [-0.2, -0.15) is 0 Å². The summed E-state index contributed by atoms with van der Waals surface area (Å²) in [5, 5.41) is 9.65. The summed E-state index contributed by atoms with van der Waals surface area (Å²) in [6, 6.07) is 0. The summed E-state index contributed by atoms with van der Waals surface area (Å²) in [5.74, 6) is 0.0256. The number of rotatable bonds is 4. The Morgan fingerprint density at radius 1 is 1.64 bits per heavy atom. The van der Waals surface area contributed by atoms with Gasteiger partial charge in [-0.05, 0) is 19.4 Å². The fraction of sp³-hybridized carbons (Fsp3) is 0.667. The molecule has 0 saturated carbocycles. The van der Waals surface area contributed by atoms with Crippen LogP contribution >= 0.6 is 0 Å². The third-order valence-corrected chi connectivity index (χ3v) is 2.18. The minimum absolute atomic E-state index is 0.0256. The molecule has 0 heterocycles. The Morgan fingerprint density at radius 3 is 2.55 bits per heavy atom. The van der Waals surface area contributed by atoms with Gasteiger partial charge in [0.25, 0.3) is 0 Å². The van der Waals surface area contributed by atoms with Gasteiger partial charge in [0, 0.05) is 5.92 Å². The highest BCUT2D eigenvalue weighted by molar-refractivity contribution is 5.64. The van der Waals surface area contributed by atoms with Crippen LogP contribution in [0.3, 0.4) is 0 Å². The summed E-state index contributed by atoms with van der Waals surface area (Å²) >= 11 is 0. The first-order valence-corrected chi connectivity index (χ1v) is 3.89. The smallest absolute Gasteiger partial charge is 0.142 e. The summed E-state index contributed by atoms with van der Waals surface area (Å²) in [5.41, 5.74) is -0.695. The van der Waals surface area contributed by atoms with Crippen LogP contribution in [-0.4, -0.2) is 17.0 Å². The minimum atomic E-state index is -0.695. The van der Waals surface area contributed by atoms with Crippen LogP contribution < -0.4 is 0 Å². The van der Waals surface area contributed by atoms with Gasteiger partial charge in [-0.15, -0.1) is 0 Å². The molecule has 0 aliphatic heterocycles. The molecule has 1 N–H and O–H groups in total. The predicted molar refractivity (Wildman–Crippen MR) is 45.3 cm³/mol. The van der Waals surface area contributed by atoms with Crippen molar-refractivity contribution in [2.45, 2.75) is 32.8 Å². The molecule has 0 aliphatic carbocycles. The van der Waals surface area contributed by atoms with Crippen molar-refractivity contribution in [3.8, 4) is 0 Å². The maximum Gasteiger partial charge on any atom is 0.142 e.